The average molecular weight is 339 g/mol. The van der Waals surface area contributed by atoms with Crippen LogP contribution in [-0.4, -0.2) is 36.2 Å². The Morgan fingerprint density at radius 2 is 2.05 bits per heavy atom. The molecular formula is C16H23BrN2O. The molecule has 1 saturated carbocycles. The summed E-state index contributed by atoms with van der Waals surface area (Å²) >= 11 is 3.51. The molecule has 0 bridgehead atoms. The summed E-state index contributed by atoms with van der Waals surface area (Å²) in [5, 5.41) is 0. The lowest BCUT2D eigenvalue weighted by Crippen LogP contribution is -2.53. The van der Waals surface area contributed by atoms with Gasteiger partial charge in [0.25, 0.3) is 0 Å². The third-order valence-electron chi connectivity index (χ3n) is 4.59. The molecule has 1 heterocycles. The number of nitrogens with zero attached hydrogens (tertiary/aromatic N) is 1. The molecule has 4 atom stereocenters. The predicted octanol–water partition coefficient (Wildman–Crippen LogP) is 3.09. The summed E-state index contributed by atoms with van der Waals surface area (Å²) in [5.41, 5.74) is 7.64. The standard InChI is InChI=1S/C16H23BrN2O/c1-11(18)16(12-5-7-13(17)8-6-12)19-9-10-20-15-4-2-3-14(15)19/h5-8,11,14-16H,2-4,9-10,18H2,1H3. The van der Waals surface area contributed by atoms with Gasteiger partial charge in [-0.1, -0.05) is 28.1 Å². The van der Waals surface area contributed by atoms with Crippen LogP contribution in [-0.2, 0) is 4.74 Å². The lowest BCUT2D eigenvalue weighted by Gasteiger charge is -2.44. The van der Waals surface area contributed by atoms with Crippen LogP contribution in [0.5, 0.6) is 0 Å². The molecule has 1 aliphatic heterocycles. The minimum atomic E-state index is 0.121. The molecule has 0 spiro atoms. The molecule has 0 aromatic heterocycles. The number of nitrogens with two attached hydrogens (primary N) is 1. The van der Waals surface area contributed by atoms with Crippen molar-refractivity contribution in [3.63, 3.8) is 0 Å². The molecule has 0 amide bonds. The zero-order valence-corrected chi connectivity index (χ0v) is 13.6. The zero-order chi connectivity index (χ0) is 14.1. The second-order valence-corrected chi connectivity index (χ2v) is 6.92. The Balaban J connectivity index is 1.88. The first-order valence-corrected chi connectivity index (χ1v) is 8.34. The van der Waals surface area contributed by atoms with Gasteiger partial charge in [0.15, 0.2) is 0 Å². The smallest absolute Gasteiger partial charge is 0.0731 e. The van der Waals surface area contributed by atoms with Crippen molar-refractivity contribution in [2.45, 2.75) is 50.4 Å². The molecule has 20 heavy (non-hydrogen) atoms. The number of ether oxygens (including phenoxy) is 1. The highest BCUT2D eigenvalue weighted by molar-refractivity contribution is 9.10. The van der Waals surface area contributed by atoms with E-state index < -0.39 is 0 Å². The zero-order valence-electron chi connectivity index (χ0n) is 12.0. The summed E-state index contributed by atoms with van der Waals surface area (Å²) in [4.78, 5) is 2.59. The van der Waals surface area contributed by atoms with E-state index in [4.69, 9.17) is 10.5 Å². The van der Waals surface area contributed by atoms with Gasteiger partial charge in [-0.2, -0.15) is 0 Å². The molecule has 1 aromatic carbocycles. The Hall–Kier alpha value is -0.420. The highest BCUT2D eigenvalue weighted by Crippen LogP contribution is 2.36. The van der Waals surface area contributed by atoms with Crippen molar-refractivity contribution < 1.29 is 4.74 Å². The molecule has 1 aliphatic carbocycles. The monoisotopic (exact) mass is 338 g/mol. The Labute approximate surface area is 129 Å². The van der Waals surface area contributed by atoms with E-state index in [2.05, 4.69) is 52.0 Å². The maximum Gasteiger partial charge on any atom is 0.0731 e. The van der Waals surface area contributed by atoms with Crippen LogP contribution in [0.1, 0.15) is 37.8 Å². The molecule has 2 N–H and O–H groups in total. The van der Waals surface area contributed by atoms with Gasteiger partial charge in [-0.05, 0) is 43.9 Å². The van der Waals surface area contributed by atoms with Crippen molar-refractivity contribution in [2.24, 2.45) is 5.73 Å². The summed E-state index contributed by atoms with van der Waals surface area (Å²) in [6.07, 6.45) is 4.13. The fourth-order valence-corrected chi connectivity index (χ4v) is 4.02. The molecule has 0 radical (unpaired) electrons. The number of halogens is 1. The van der Waals surface area contributed by atoms with Crippen LogP contribution >= 0.6 is 15.9 Å². The fourth-order valence-electron chi connectivity index (χ4n) is 3.76. The van der Waals surface area contributed by atoms with Crippen molar-refractivity contribution in [1.29, 1.82) is 0 Å². The Kier molecular flexibility index (Phi) is 4.46. The van der Waals surface area contributed by atoms with Crippen LogP contribution in [0.4, 0.5) is 0 Å². The molecule has 3 nitrogen and oxygen atoms in total. The van der Waals surface area contributed by atoms with Gasteiger partial charge < -0.3 is 10.5 Å². The quantitative estimate of drug-likeness (QED) is 0.920. The van der Waals surface area contributed by atoms with Crippen molar-refractivity contribution in [1.82, 2.24) is 4.90 Å². The summed E-state index contributed by atoms with van der Waals surface area (Å²) in [6, 6.07) is 9.56. The van der Waals surface area contributed by atoms with Crippen molar-refractivity contribution in [3.05, 3.63) is 34.3 Å². The van der Waals surface area contributed by atoms with Crippen LogP contribution in [0, 0.1) is 0 Å². The molecule has 4 unspecified atom stereocenters. The summed E-state index contributed by atoms with van der Waals surface area (Å²) in [7, 11) is 0. The van der Waals surface area contributed by atoms with Crippen LogP contribution in [0.3, 0.4) is 0 Å². The Bertz CT molecular complexity index is 448. The van der Waals surface area contributed by atoms with Gasteiger partial charge in [-0.25, -0.2) is 0 Å². The van der Waals surface area contributed by atoms with E-state index in [1.54, 1.807) is 0 Å². The molecule has 4 heteroatoms. The fraction of sp³-hybridized carbons (Fsp3) is 0.625. The van der Waals surface area contributed by atoms with Crippen LogP contribution in [0.2, 0.25) is 0 Å². The number of benzene rings is 1. The number of rotatable bonds is 3. The van der Waals surface area contributed by atoms with E-state index in [0.29, 0.717) is 12.1 Å². The minimum absolute atomic E-state index is 0.121. The van der Waals surface area contributed by atoms with E-state index in [-0.39, 0.29) is 12.1 Å². The summed E-state index contributed by atoms with van der Waals surface area (Å²) in [5.74, 6) is 0. The normalized spacial score (nSPS) is 29.9. The molecule has 3 rings (SSSR count). The average Bonchev–Trinajstić information content (AvgIpc) is 2.90. The maximum absolute atomic E-state index is 6.33. The summed E-state index contributed by atoms with van der Waals surface area (Å²) in [6.45, 7) is 3.94. The van der Waals surface area contributed by atoms with Crippen LogP contribution < -0.4 is 5.73 Å². The first kappa shape index (κ1) is 14.5. The van der Waals surface area contributed by atoms with E-state index >= 15 is 0 Å². The second kappa shape index (κ2) is 6.14. The molecule has 2 fully saturated rings. The SMILES string of the molecule is CC(N)C(c1ccc(Br)cc1)N1CCOC2CCCC21. The minimum Gasteiger partial charge on any atom is -0.375 e. The highest BCUT2D eigenvalue weighted by atomic mass is 79.9. The first-order valence-electron chi connectivity index (χ1n) is 7.55. The third-order valence-corrected chi connectivity index (χ3v) is 5.12. The van der Waals surface area contributed by atoms with E-state index in [9.17, 15) is 0 Å². The number of fused-ring (bicyclic) bond motifs is 1. The van der Waals surface area contributed by atoms with Gasteiger partial charge in [0.1, 0.15) is 0 Å². The molecule has 1 aromatic rings. The van der Waals surface area contributed by atoms with Gasteiger partial charge in [0.05, 0.1) is 18.8 Å². The number of morpholine rings is 1. The second-order valence-electron chi connectivity index (χ2n) is 6.00. The van der Waals surface area contributed by atoms with E-state index in [1.807, 2.05) is 0 Å². The first-order chi connectivity index (χ1) is 9.66. The Morgan fingerprint density at radius 1 is 1.30 bits per heavy atom. The van der Waals surface area contributed by atoms with E-state index in [1.165, 1.54) is 24.8 Å². The molecular weight excluding hydrogens is 316 g/mol. The maximum atomic E-state index is 6.33. The van der Waals surface area contributed by atoms with Gasteiger partial charge in [0, 0.05) is 23.1 Å². The third kappa shape index (κ3) is 2.80. The lowest BCUT2D eigenvalue weighted by molar-refractivity contribution is -0.0753. The molecule has 1 saturated heterocycles. The van der Waals surface area contributed by atoms with Crippen molar-refractivity contribution in [3.8, 4) is 0 Å². The lowest BCUT2D eigenvalue weighted by atomic mass is 9.96. The Morgan fingerprint density at radius 3 is 2.75 bits per heavy atom. The number of hydrogen-bond donors (Lipinski definition) is 1. The van der Waals surface area contributed by atoms with Gasteiger partial charge in [-0.15, -0.1) is 0 Å². The van der Waals surface area contributed by atoms with Crippen LogP contribution in [0.15, 0.2) is 28.7 Å². The summed E-state index contributed by atoms with van der Waals surface area (Å²) < 4.78 is 7.04. The number of hydrogen-bond acceptors (Lipinski definition) is 3. The van der Waals surface area contributed by atoms with Gasteiger partial charge >= 0.3 is 0 Å². The largest absolute Gasteiger partial charge is 0.375 e. The van der Waals surface area contributed by atoms with E-state index in [0.717, 1.165) is 17.6 Å². The van der Waals surface area contributed by atoms with Gasteiger partial charge in [-0.3, -0.25) is 4.90 Å². The van der Waals surface area contributed by atoms with Gasteiger partial charge in [0.2, 0.25) is 0 Å². The van der Waals surface area contributed by atoms with Crippen molar-refractivity contribution in [2.75, 3.05) is 13.2 Å². The van der Waals surface area contributed by atoms with Crippen molar-refractivity contribution >= 4 is 15.9 Å². The topological polar surface area (TPSA) is 38.5 Å². The molecule has 2 aliphatic rings. The van der Waals surface area contributed by atoms with Crippen LogP contribution in [0.25, 0.3) is 0 Å². The predicted molar refractivity (Wildman–Crippen MR) is 84.6 cm³/mol. The highest BCUT2D eigenvalue weighted by Gasteiger charge is 2.40. The molecule has 110 valence electrons.